The van der Waals surface area contributed by atoms with Gasteiger partial charge in [-0.3, -0.25) is 4.79 Å². The van der Waals surface area contributed by atoms with Gasteiger partial charge in [-0.05, 0) is 73.2 Å². The average Bonchev–Trinajstić information content (AvgIpc) is 3.73. The number of ether oxygens (including phenoxy) is 2. The Morgan fingerprint density at radius 1 is 0.565 bits per heavy atom. The highest BCUT2D eigenvalue weighted by molar-refractivity contribution is 7.12. The predicted molar refractivity (Wildman–Crippen MR) is 186 cm³/mol. The van der Waals surface area contributed by atoms with Crippen molar-refractivity contribution >= 4 is 28.5 Å². The molecule has 2 atom stereocenters. The molecule has 46 heavy (non-hydrogen) atoms. The zero-order chi connectivity index (χ0) is 31.7. The smallest absolute Gasteiger partial charge is 0.153 e. The lowest BCUT2D eigenvalue weighted by molar-refractivity contribution is -0.122. The summed E-state index contributed by atoms with van der Waals surface area (Å²) in [6.07, 6.45) is 4.82. The van der Waals surface area contributed by atoms with Crippen molar-refractivity contribution in [3.63, 3.8) is 0 Å². The number of carbonyl (C=O) groups is 1. The van der Waals surface area contributed by atoms with Gasteiger partial charge in [0.1, 0.15) is 34.7 Å². The Labute approximate surface area is 278 Å². The largest absolute Gasteiger partial charge is 0.489 e. The quantitative estimate of drug-likeness (QED) is 0.118. The minimum atomic E-state index is -0.391. The number of aryl methyl sites for hydroxylation is 2. The van der Waals surface area contributed by atoms with Crippen LogP contribution in [0.2, 0.25) is 0 Å². The summed E-state index contributed by atoms with van der Waals surface area (Å²) in [6, 6.07) is 36.4. The fourth-order valence-corrected chi connectivity index (χ4v) is 7.09. The van der Waals surface area contributed by atoms with Crippen LogP contribution in [0.5, 0.6) is 11.5 Å². The molecule has 0 aliphatic carbocycles. The second-order valence-corrected chi connectivity index (χ2v) is 13.9. The summed E-state index contributed by atoms with van der Waals surface area (Å²) in [5.41, 5.74) is 4.36. The third-order valence-electron chi connectivity index (χ3n) is 7.78. The first-order valence-electron chi connectivity index (χ1n) is 15.4. The molecule has 0 amide bonds. The van der Waals surface area contributed by atoms with Crippen molar-refractivity contribution in [2.75, 3.05) is 0 Å². The molecule has 0 spiro atoms. The molecule has 0 aliphatic rings. The highest BCUT2D eigenvalue weighted by atomic mass is 32.1. The first-order chi connectivity index (χ1) is 22.5. The summed E-state index contributed by atoms with van der Waals surface area (Å²) in [6.45, 7) is 5.08. The molecule has 2 heterocycles. The van der Waals surface area contributed by atoms with E-state index in [4.69, 9.17) is 19.4 Å². The van der Waals surface area contributed by atoms with Crippen molar-refractivity contribution < 1.29 is 14.3 Å². The Morgan fingerprint density at radius 2 is 0.957 bits per heavy atom. The third-order valence-corrected chi connectivity index (χ3v) is 9.84. The van der Waals surface area contributed by atoms with E-state index in [2.05, 4.69) is 48.5 Å². The molecule has 0 bridgehead atoms. The number of rotatable bonds is 14. The van der Waals surface area contributed by atoms with E-state index in [9.17, 15) is 4.79 Å². The number of nitrogens with zero attached hydrogens (tertiary/aromatic N) is 2. The lowest BCUT2D eigenvalue weighted by Gasteiger charge is -2.21. The minimum Gasteiger partial charge on any atom is -0.489 e. The molecule has 0 N–H and O–H groups in total. The number of carbonyl (C=O) groups excluding carboxylic acids is 1. The maximum Gasteiger partial charge on any atom is 0.153 e. The minimum absolute atomic E-state index is 0.137. The van der Waals surface area contributed by atoms with Crippen LogP contribution in [0, 0.1) is 13.8 Å². The van der Waals surface area contributed by atoms with E-state index in [-0.39, 0.29) is 5.78 Å². The van der Waals surface area contributed by atoms with Gasteiger partial charge in [-0.15, -0.1) is 22.7 Å². The number of hydrogen-bond acceptors (Lipinski definition) is 7. The van der Waals surface area contributed by atoms with Crippen LogP contribution in [0.1, 0.15) is 53.9 Å². The van der Waals surface area contributed by atoms with Gasteiger partial charge in [0.05, 0.1) is 11.8 Å². The van der Waals surface area contributed by atoms with E-state index >= 15 is 0 Å². The molecule has 232 valence electrons. The first kappa shape index (κ1) is 31.4. The molecule has 0 saturated heterocycles. The summed E-state index contributed by atoms with van der Waals surface area (Å²) >= 11 is 3.18. The molecular formula is C39H36N2O3S2. The van der Waals surface area contributed by atoms with Gasteiger partial charge < -0.3 is 9.47 Å². The van der Waals surface area contributed by atoms with Crippen LogP contribution in [0.25, 0.3) is 0 Å². The average molecular weight is 645 g/mol. The standard InChI is InChI=1S/C39H36N2O3S2/c1-27-23-40-38(45-27)35(21-29-13-17-33(18-14-29)43-25-31-9-5-3-6-10-31)37(42)36(39-41-24-28(2)46-39)22-30-15-19-34(20-16-30)44-26-32-11-7-4-8-12-32/h3-20,23-24,35-36H,21-22,25-26H2,1-2H3. The summed E-state index contributed by atoms with van der Waals surface area (Å²) in [4.78, 5) is 26.2. The van der Waals surface area contributed by atoms with Gasteiger partial charge in [-0.25, -0.2) is 9.97 Å². The second kappa shape index (κ2) is 15.1. The van der Waals surface area contributed by atoms with Gasteiger partial charge in [0.2, 0.25) is 0 Å². The van der Waals surface area contributed by atoms with Gasteiger partial charge in [0, 0.05) is 22.1 Å². The van der Waals surface area contributed by atoms with Gasteiger partial charge >= 0.3 is 0 Å². The van der Waals surface area contributed by atoms with Crippen LogP contribution in [-0.4, -0.2) is 15.8 Å². The van der Waals surface area contributed by atoms with E-state index in [1.807, 2.05) is 86.9 Å². The summed E-state index contributed by atoms with van der Waals surface area (Å²) in [5.74, 6) is 0.952. The monoisotopic (exact) mass is 644 g/mol. The van der Waals surface area contributed by atoms with Crippen molar-refractivity contribution in [2.45, 2.75) is 51.7 Å². The normalized spacial score (nSPS) is 12.4. The topological polar surface area (TPSA) is 61.3 Å². The number of aromatic nitrogens is 2. The fourth-order valence-electron chi connectivity index (χ4n) is 5.33. The molecule has 7 heteroatoms. The van der Waals surface area contributed by atoms with Crippen molar-refractivity contribution in [1.82, 2.24) is 9.97 Å². The van der Waals surface area contributed by atoms with E-state index in [1.54, 1.807) is 22.7 Å². The van der Waals surface area contributed by atoms with E-state index in [0.717, 1.165) is 53.5 Å². The molecule has 0 aliphatic heterocycles. The molecule has 2 aromatic heterocycles. The van der Waals surface area contributed by atoms with Crippen LogP contribution in [0.3, 0.4) is 0 Å². The maximum atomic E-state index is 14.6. The van der Waals surface area contributed by atoms with Crippen LogP contribution in [0.4, 0.5) is 0 Å². The second-order valence-electron chi connectivity index (χ2n) is 11.4. The number of benzene rings is 4. The lowest BCUT2D eigenvalue weighted by Crippen LogP contribution is -2.24. The molecule has 6 aromatic rings. The van der Waals surface area contributed by atoms with Crippen LogP contribution < -0.4 is 9.47 Å². The van der Waals surface area contributed by atoms with Crippen LogP contribution in [0.15, 0.2) is 122 Å². The van der Waals surface area contributed by atoms with Gasteiger partial charge in [-0.1, -0.05) is 84.9 Å². The van der Waals surface area contributed by atoms with E-state index in [0.29, 0.717) is 26.1 Å². The molecule has 4 aromatic carbocycles. The Balaban J connectivity index is 1.20. The number of ketones is 1. The van der Waals surface area contributed by atoms with E-state index in [1.165, 1.54) is 0 Å². The molecular weight excluding hydrogens is 609 g/mol. The lowest BCUT2D eigenvalue weighted by atomic mass is 9.85. The van der Waals surface area contributed by atoms with Crippen LogP contribution >= 0.6 is 22.7 Å². The Kier molecular flexibility index (Phi) is 10.3. The van der Waals surface area contributed by atoms with Gasteiger partial charge in [0.25, 0.3) is 0 Å². The maximum absolute atomic E-state index is 14.6. The predicted octanol–water partition coefficient (Wildman–Crippen LogP) is 9.30. The molecule has 0 saturated carbocycles. The molecule has 5 nitrogen and oxygen atoms in total. The Morgan fingerprint density at radius 3 is 1.30 bits per heavy atom. The third kappa shape index (κ3) is 8.36. The molecule has 2 unspecified atom stereocenters. The van der Waals surface area contributed by atoms with Crippen molar-refractivity contribution in [2.24, 2.45) is 0 Å². The van der Waals surface area contributed by atoms with Crippen molar-refractivity contribution in [3.05, 3.63) is 164 Å². The van der Waals surface area contributed by atoms with Crippen LogP contribution in [-0.2, 0) is 30.8 Å². The van der Waals surface area contributed by atoms with Crippen molar-refractivity contribution in [3.8, 4) is 11.5 Å². The Bertz CT molecular complexity index is 1700. The zero-order valence-electron chi connectivity index (χ0n) is 26.0. The summed E-state index contributed by atoms with van der Waals surface area (Å²) in [7, 11) is 0. The summed E-state index contributed by atoms with van der Waals surface area (Å²) in [5, 5.41) is 1.68. The summed E-state index contributed by atoms with van der Waals surface area (Å²) < 4.78 is 12.0. The SMILES string of the molecule is Cc1cnc(C(Cc2ccc(OCc3ccccc3)cc2)C(=O)C(Cc2ccc(OCc3ccccc3)cc2)c2ncc(C)s2)s1. The molecule has 0 radical (unpaired) electrons. The van der Waals surface area contributed by atoms with Gasteiger partial charge in [-0.2, -0.15) is 0 Å². The van der Waals surface area contributed by atoms with E-state index < -0.39 is 11.8 Å². The molecule has 6 rings (SSSR count). The number of hydrogen-bond donors (Lipinski definition) is 0. The highest BCUT2D eigenvalue weighted by Crippen LogP contribution is 2.35. The first-order valence-corrected chi connectivity index (χ1v) is 17.0. The molecule has 0 fully saturated rings. The highest BCUT2D eigenvalue weighted by Gasteiger charge is 2.33. The fraction of sp³-hybridized carbons (Fsp3) is 0.205. The Hall–Kier alpha value is -4.59. The number of Topliss-reactive ketones (excluding diaryl/α,β-unsaturated/α-hetero) is 1. The zero-order valence-corrected chi connectivity index (χ0v) is 27.6. The van der Waals surface area contributed by atoms with Crippen molar-refractivity contribution in [1.29, 1.82) is 0 Å². The number of thiazole rings is 2. The van der Waals surface area contributed by atoms with Gasteiger partial charge in [0.15, 0.2) is 5.78 Å².